The summed E-state index contributed by atoms with van der Waals surface area (Å²) >= 11 is 1.60. The lowest BCUT2D eigenvalue weighted by atomic mass is 9.96. The first kappa shape index (κ1) is 20.4. The molecule has 0 saturated carbocycles. The van der Waals surface area contributed by atoms with Gasteiger partial charge in [-0.05, 0) is 38.0 Å². The van der Waals surface area contributed by atoms with Crippen LogP contribution in [0.5, 0.6) is 0 Å². The van der Waals surface area contributed by atoms with E-state index in [-0.39, 0.29) is 12.4 Å². The summed E-state index contributed by atoms with van der Waals surface area (Å²) in [5, 5.41) is 8.45. The third-order valence-electron chi connectivity index (χ3n) is 4.49. The van der Waals surface area contributed by atoms with E-state index in [1.807, 2.05) is 6.92 Å². The van der Waals surface area contributed by atoms with Crippen LogP contribution >= 0.6 is 11.8 Å². The van der Waals surface area contributed by atoms with Crippen molar-refractivity contribution in [1.29, 1.82) is 0 Å². The van der Waals surface area contributed by atoms with Gasteiger partial charge >= 0.3 is 5.97 Å². The molecule has 0 amide bonds. The lowest BCUT2D eigenvalue weighted by Gasteiger charge is -2.28. The highest BCUT2D eigenvalue weighted by Crippen LogP contribution is 2.36. The Morgan fingerprint density at radius 1 is 1.29 bits per heavy atom. The van der Waals surface area contributed by atoms with E-state index >= 15 is 0 Å². The Kier molecular flexibility index (Phi) is 6.72. The number of fused-ring (bicyclic) bond motifs is 1. The van der Waals surface area contributed by atoms with Gasteiger partial charge in [0.05, 0.1) is 12.2 Å². The van der Waals surface area contributed by atoms with Gasteiger partial charge in [-0.15, -0.1) is 5.10 Å². The maximum atomic E-state index is 13.5. The van der Waals surface area contributed by atoms with Crippen molar-refractivity contribution in [3.8, 4) is 0 Å². The summed E-state index contributed by atoms with van der Waals surface area (Å²) < 4.78 is 20.4. The van der Waals surface area contributed by atoms with Crippen molar-refractivity contribution >= 4 is 23.7 Å². The largest absolute Gasteiger partial charge is 0.463 e. The molecule has 0 saturated heterocycles. The smallest absolute Gasteiger partial charge is 0.338 e. The number of nitrogens with one attached hydrogen (secondary N) is 1. The number of thioether (sulfide) groups is 1. The quantitative estimate of drug-likeness (QED) is 0.395. The number of halogens is 1. The van der Waals surface area contributed by atoms with Crippen molar-refractivity contribution in [3.63, 3.8) is 0 Å². The molecule has 2 heterocycles. The molecule has 0 unspecified atom stereocenters. The van der Waals surface area contributed by atoms with Crippen molar-refractivity contribution in [2.24, 2.45) is 0 Å². The summed E-state index contributed by atoms with van der Waals surface area (Å²) in [5.74, 6) is 0.760. The van der Waals surface area contributed by atoms with E-state index in [0.29, 0.717) is 22.4 Å². The summed E-state index contributed by atoms with van der Waals surface area (Å²) in [4.78, 5) is 17.2. The lowest BCUT2D eigenvalue weighted by Crippen LogP contribution is -2.29. The summed E-state index contributed by atoms with van der Waals surface area (Å²) in [6.07, 6.45) is 3.43. The van der Waals surface area contributed by atoms with Crippen LogP contribution in [0.4, 0.5) is 10.3 Å². The van der Waals surface area contributed by atoms with Gasteiger partial charge in [0.25, 0.3) is 0 Å². The minimum Gasteiger partial charge on any atom is -0.463 e. The second-order valence-electron chi connectivity index (χ2n) is 6.56. The molecule has 150 valence electrons. The van der Waals surface area contributed by atoms with Gasteiger partial charge in [0.1, 0.15) is 11.9 Å². The maximum absolute atomic E-state index is 13.5. The highest BCUT2D eigenvalue weighted by atomic mass is 32.2. The molecule has 0 spiro atoms. The molecule has 0 bridgehead atoms. The molecule has 1 aliphatic heterocycles. The van der Waals surface area contributed by atoms with Crippen molar-refractivity contribution in [2.45, 2.75) is 51.2 Å². The number of aromatic nitrogens is 3. The zero-order chi connectivity index (χ0) is 20.1. The number of benzene rings is 1. The second-order valence-corrected chi connectivity index (χ2v) is 7.62. The number of ether oxygens (including phenoxy) is 1. The van der Waals surface area contributed by atoms with Crippen LogP contribution in [0.3, 0.4) is 0 Å². The predicted octanol–water partition coefficient (Wildman–Crippen LogP) is 4.55. The molecule has 1 aromatic heterocycles. The number of rotatable bonds is 8. The number of hydrogen-bond acceptors (Lipinski definition) is 6. The molecule has 1 atom stereocenters. The van der Waals surface area contributed by atoms with Gasteiger partial charge in [-0.25, -0.2) is 13.9 Å². The van der Waals surface area contributed by atoms with Crippen LogP contribution in [-0.4, -0.2) is 33.1 Å². The van der Waals surface area contributed by atoms with E-state index in [4.69, 9.17) is 4.74 Å². The maximum Gasteiger partial charge on any atom is 0.338 e. The number of hydrogen-bond donors (Lipinski definition) is 1. The molecule has 0 fully saturated rings. The Hall–Kier alpha value is -2.35. The van der Waals surface area contributed by atoms with E-state index < -0.39 is 12.0 Å². The van der Waals surface area contributed by atoms with Crippen molar-refractivity contribution in [1.82, 2.24) is 14.8 Å². The third-order valence-corrected chi connectivity index (χ3v) is 5.42. The molecular formula is C20H25FN4O2S. The molecule has 0 aliphatic carbocycles. The predicted molar refractivity (Wildman–Crippen MR) is 108 cm³/mol. The number of nitrogens with zero attached hydrogens (tertiary/aromatic N) is 3. The molecule has 1 aromatic carbocycles. The number of esters is 1. The van der Waals surface area contributed by atoms with Gasteiger partial charge in [-0.2, -0.15) is 4.98 Å². The number of unbranched alkanes of at least 4 members (excludes halogenated alkanes) is 2. The minimum atomic E-state index is -0.520. The first-order chi connectivity index (χ1) is 13.5. The third kappa shape index (κ3) is 4.38. The lowest BCUT2D eigenvalue weighted by molar-refractivity contribution is -0.139. The zero-order valence-electron chi connectivity index (χ0n) is 16.4. The summed E-state index contributed by atoms with van der Waals surface area (Å²) in [6, 6.07) is 5.57. The molecule has 6 nitrogen and oxygen atoms in total. The summed E-state index contributed by atoms with van der Waals surface area (Å²) in [6.45, 7) is 6.02. The van der Waals surface area contributed by atoms with Crippen LogP contribution in [-0.2, 0) is 9.53 Å². The molecule has 1 aliphatic rings. The molecular weight excluding hydrogens is 379 g/mol. The fourth-order valence-corrected chi connectivity index (χ4v) is 3.96. The average Bonchev–Trinajstić information content (AvgIpc) is 3.07. The van der Waals surface area contributed by atoms with E-state index in [9.17, 15) is 9.18 Å². The van der Waals surface area contributed by atoms with E-state index in [2.05, 4.69) is 22.3 Å². The van der Waals surface area contributed by atoms with E-state index in [1.165, 1.54) is 18.6 Å². The SMILES string of the molecule is CCCCCSc1nc2n(n1)[C@H](c1ccc(F)cc1)C(C(=O)OCC)=C(C)N2. The van der Waals surface area contributed by atoms with Crippen LogP contribution in [0.25, 0.3) is 0 Å². The van der Waals surface area contributed by atoms with Crippen molar-refractivity contribution < 1.29 is 13.9 Å². The fourth-order valence-electron chi connectivity index (χ4n) is 3.13. The number of carbonyl (C=O) groups is 1. The highest BCUT2D eigenvalue weighted by Gasteiger charge is 2.35. The summed E-state index contributed by atoms with van der Waals surface area (Å²) in [7, 11) is 0. The molecule has 2 aromatic rings. The number of anilines is 1. The molecule has 0 radical (unpaired) electrons. The van der Waals surface area contributed by atoms with Crippen LogP contribution < -0.4 is 5.32 Å². The van der Waals surface area contributed by atoms with Crippen molar-refractivity contribution in [2.75, 3.05) is 17.7 Å². The first-order valence-electron chi connectivity index (χ1n) is 9.54. The standard InChI is InChI=1S/C20H25FN4O2S/c1-4-6-7-12-28-20-23-19-22-13(3)16(18(26)27-5-2)17(25(19)24-20)14-8-10-15(21)11-9-14/h8-11,17H,4-7,12H2,1-3H3,(H,22,23,24)/t17-/m1/s1. The second kappa shape index (κ2) is 9.23. The molecule has 28 heavy (non-hydrogen) atoms. The Morgan fingerprint density at radius 3 is 2.71 bits per heavy atom. The van der Waals surface area contributed by atoms with Crippen LogP contribution in [0.2, 0.25) is 0 Å². The van der Waals surface area contributed by atoms with Gasteiger partial charge in [0.15, 0.2) is 0 Å². The molecule has 3 rings (SSSR count). The van der Waals surface area contributed by atoms with Gasteiger partial charge in [0, 0.05) is 11.4 Å². The Morgan fingerprint density at radius 2 is 2.04 bits per heavy atom. The Bertz CT molecular complexity index is 864. The van der Waals surface area contributed by atoms with Crippen molar-refractivity contribution in [3.05, 3.63) is 46.9 Å². The normalized spacial score (nSPS) is 15.9. The van der Waals surface area contributed by atoms with Crippen LogP contribution in [0.15, 0.2) is 40.7 Å². The Balaban J connectivity index is 1.97. The van der Waals surface area contributed by atoms with Gasteiger partial charge in [0.2, 0.25) is 11.1 Å². The topological polar surface area (TPSA) is 69.0 Å². The van der Waals surface area contributed by atoms with E-state index in [1.54, 1.807) is 35.5 Å². The zero-order valence-corrected chi connectivity index (χ0v) is 17.2. The Labute approximate surface area is 168 Å². The van der Waals surface area contributed by atoms with Crippen LogP contribution in [0.1, 0.15) is 51.6 Å². The molecule has 8 heteroatoms. The molecule has 1 N–H and O–H groups in total. The first-order valence-corrected chi connectivity index (χ1v) is 10.5. The number of carbonyl (C=O) groups excluding carboxylic acids is 1. The van der Waals surface area contributed by atoms with Gasteiger partial charge in [-0.3, -0.25) is 0 Å². The highest BCUT2D eigenvalue weighted by molar-refractivity contribution is 7.99. The number of allylic oxidation sites excluding steroid dienone is 1. The monoisotopic (exact) mass is 404 g/mol. The average molecular weight is 405 g/mol. The van der Waals surface area contributed by atoms with Crippen LogP contribution in [0, 0.1) is 5.82 Å². The van der Waals surface area contributed by atoms with E-state index in [0.717, 1.165) is 24.2 Å². The minimum absolute atomic E-state index is 0.272. The summed E-state index contributed by atoms with van der Waals surface area (Å²) in [5.41, 5.74) is 1.86. The fraction of sp³-hybridized carbons (Fsp3) is 0.450. The van der Waals surface area contributed by atoms with Gasteiger partial charge < -0.3 is 10.1 Å². The van der Waals surface area contributed by atoms with Gasteiger partial charge in [-0.1, -0.05) is 43.7 Å².